The molecule has 2 aromatic heterocycles. The number of amides is 1. The van der Waals surface area contributed by atoms with Gasteiger partial charge in [-0.2, -0.15) is 18.3 Å². The summed E-state index contributed by atoms with van der Waals surface area (Å²) >= 11 is 4.66. The molecule has 3 heterocycles. The maximum absolute atomic E-state index is 13.6. The topological polar surface area (TPSA) is 59.0 Å². The second-order valence-electron chi connectivity index (χ2n) is 6.24. The first-order valence-electron chi connectivity index (χ1n) is 8.17. The van der Waals surface area contributed by atoms with Crippen molar-refractivity contribution in [2.24, 2.45) is 0 Å². The van der Waals surface area contributed by atoms with Crippen molar-refractivity contribution in [3.05, 3.63) is 32.6 Å². The smallest absolute Gasteiger partial charge is 0.362 e. The number of aromatic nitrogens is 2. The largest absolute Gasteiger partial charge is 0.410 e. The van der Waals surface area contributed by atoms with Crippen molar-refractivity contribution >= 4 is 39.0 Å². The zero-order valence-electron chi connectivity index (χ0n) is 14.1. The molecule has 5 nitrogen and oxygen atoms in total. The Kier molecular flexibility index (Phi) is 5.34. The number of nitrogens with one attached hydrogen (secondary N) is 2. The van der Waals surface area contributed by atoms with Crippen molar-refractivity contribution in [3.8, 4) is 0 Å². The Labute approximate surface area is 161 Å². The van der Waals surface area contributed by atoms with Crippen LogP contribution in [0.1, 0.15) is 54.1 Å². The first kappa shape index (κ1) is 19.2. The average molecular weight is 451 g/mol. The first-order valence-corrected chi connectivity index (χ1v) is 9.85. The highest BCUT2D eigenvalue weighted by molar-refractivity contribution is 9.10. The molecule has 2 N–H and O–H groups in total. The van der Waals surface area contributed by atoms with Gasteiger partial charge in [-0.3, -0.25) is 4.79 Å². The highest BCUT2D eigenvalue weighted by Gasteiger charge is 2.48. The number of anilines is 1. The highest BCUT2D eigenvalue weighted by atomic mass is 79.9. The van der Waals surface area contributed by atoms with Crippen molar-refractivity contribution in [1.82, 2.24) is 15.1 Å². The minimum absolute atomic E-state index is 0.0473. The number of thiophene rings is 1. The number of alkyl halides is 3. The Bertz CT molecular complexity index is 790. The summed E-state index contributed by atoms with van der Waals surface area (Å²) in [7, 11) is 0. The summed E-state index contributed by atoms with van der Waals surface area (Å²) < 4.78 is 42.0. The molecule has 0 aliphatic carbocycles. The van der Waals surface area contributed by atoms with Crippen molar-refractivity contribution in [2.75, 3.05) is 5.32 Å². The molecule has 3 atom stereocenters. The van der Waals surface area contributed by atoms with Crippen molar-refractivity contribution in [2.45, 2.75) is 51.0 Å². The zero-order valence-corrected chi connectivity index (χ0v) is 16.5. The van der Waals surface area contributed by atoms with Crippen LogP contribution in [0.4, 0.5) is 19.0 Å². The Morgan fingerprint density at radius 3 is 2.88 bits per heavy atom. The maximum atomic E-state index is 13.6. The Balaban J connectivity index is 2.00. The van der Waals surface area contributed by atoms with Gasteiger partial charge in [-0.05, 0) is 40.7 Å². The van der Waals surface area contributed by atoms with Crippen LogP contribution in [-0.4, -0.2) is 27.9 Å². The van der Waals surface area contributed by atoms with E-state index in [2.05, 4.69) is 31.7 Å². The van der Waals surface area contributed by atoms with Crippen LogP contribution in [0.25, 0.3) is 0 Å². The summed E-state index contributed by atoms with van der Waals surface area (Å²) in [5.74, 6) is -0.324. The third-order valence-electron chi connectivity index (χ3n) is 4.39. The SMILES string of the molecule is CC[C@H](C)NC(=O)c1nn2c(c1Br)N[C@@H](c1cccs1)C[C@@H]2C(F)(F)F. The second kappa shape index (κ2) is 7.22. The summed E-state index contributed by atoms with van der Waals surface area (Å²) in [5.41, 5.74) is -0.0473. The molecular formula is C16H18BrF3N4OS. The van der Waals surface area contributed by atoms with Crippen LogP contribution in [-0.2, 0) is 0 Å². The van der Waals surface area contributed by atoms with E-state index in [9.17, 15) is 18.0 Å². The van der Waals surface area contributed by atoms with Gasteiger partial charge in [0, 0.05) is 17.3 Å². The molecule has 0 saturated carbocycles. The van der Waals surface area contributed by atoms with Gasteiger partial charge in [0.15, 0.2) is 11.7 Å². The highest BCUT2D eigenvalue weighted by Crippen LogP contribution is 2.46. The summed E-state index contributed by atoms with van der Waals surface area (Å²) in [6.07, 6.45) is -3.94. The summed E-state index contributed by atoms with van der Waals surface area (Å²) in [5, 5.41) is 11.6. The lowest BCUT2D eigenvalue weighted by molar-refractivity contribution is -0.173. The van der Waals surface area contributed by atoms with Crippen LogP contribution in [0.15, 0.2) is 22.0 Å². The lowest BCUT2D eigenvalue weighted by Crippen LogP contribution is -2.36. The molecular weight excluding hydrogens is 433 g/mol. The van der Waals surface area contributed by atoms with Crippen molar-refractivity contribution < 1.29 is 18.0 Å². The molecule has 10 heteroatoms. The van der Waals surface area contributed by atoms with E-state index in [1.54, 1.807) is 12.1 Å². The van der Waals surface area contributed by atoms with Gasteiger partial charge in [0.05, 0.1) is 10.5 Å². The van der Waals surface area contributed by atoms with E-state index in [-0.39, 0.29) is 28.4 Å². The van der Waals surface area contributed by atoms with E-state index in [4.69, 9.17) is 0 Å². The Morgan fingerprint density at radius 1 is 1.58 bits per heavy atom. The third kappa shape index (κ3) is 3.62. The first-order chi connectivity index (χ1) is 12.2. The molecule has 1 amide bonds. The van der Waals surface area contributed by atoms with E-state index in [0.29, 0.717) is 6.42 Å². The van der Waals surface area contributed by atoms with Gasteiger partial charge in [-0.15, -0.1) is 11.3 Å². The minimum atomic E-state index is -4.47. The van der Waals surface area contributed by atoms with Crippen LogP contribution >= 0.6 is 27.3 Å². The maximum Gasteiger partial charge on any atom is 0.410 e. The van der Waals surface area contributed by atoms with Gasteiger partial charge in [0.2, 0.25) is 0 Å². The number of fused-ring (bicyclic) bond motifs is 1. The standard InChI is InChI=1S/C16H18BrF3N4OS/c1-3-8(2)21-15(25)13-12(17)14-22-9(10-5-4-6-26-10)7-11(16(18,19)20)24(14)23-13/h4-6,8-9,11,22H,3,7H2,1-2H3,(H,21,25)/t8-,9+,11+/m0/s1. The van der Waals surface area contributed by atoms with Crippen LogP contribution in [0.2, 0.25) is 0 Å². The minimum Gasteiger partial charge on any atom is -0.362 e. The number of nitrogens with zero attached hydrogens (tertiary/aromatic N) is 2. The molecule has 3 rings (SSSR count). The molecule has 0 aromatic carbocycles. The van der Waals surface area contributed by atoms with E-state index in [0.717, 1.165) is 9.56 Å². The molecule has 1 aliphatic rings. The number of hydrogen-bond acceptors (Lipinski definition) is 4. The fourth-order valence-corrected chi connectivity index (χ4v) is 4.15. The fraction of sp³-hybridized carbons (Fsp3) is 0.500. The lowest BCUT2D eigenvalue weighted by atomic mass is 10.0. The summed E-state index contributed by atoms with van der Waals surface area (Å²) in [6, 6.07) is 1.21. The molecule has 26 heavy (non-hydrogen) atoms. The molecule has 0 saturated heterocycles. The molecule has 0 fully saturated rings. The molecule has 0 unspecified atom stereocenters. The van der Waals surface area contributed by atoms with Crippen LogP contribution in [0.3, 0.4) is 0 Å². The number of rotatable bonds is 4. The Hall–Kier alpha value is -1.55. The fourth-order valence-electron chi connectivity index (χ4n) is 2.80. The number of carbonyl (C=O) groups is 1. The third-order valence-corrected chi connectivity index (χ3v) is 6.12. The zero-order chi connectivity index (χ0) is 19.1. The molecule has 0 bridgehead atoms. The predicted octanol–water partition coefficient (Wildman–Crippen LogP) is 4.90. The van der Waals surface area contributed by atoms with Gasteiger partial charge in [-0.1, -0.05) is 13.0 Å². The molecule has 142 valence electrons. The molecule has 0 spiro atoms. The van der Waals surface area contributed by atoms with Gasteiger partial charge < -0.3 is 10.6 Å². The number of hydrogen-bond donors (Lipinski definition) is 2. The normalized spacial score (nSPS) is 21.0. The van der Waals surface area contributed by atoms with E-state index in [1.807, 2.05) is 19.2 Å². The number of carbonyl (C=O) groups excluding carboxylic acids is 1. The van der Waals surface area contributed by atoms with Crippen molar-refractivity contribution in [3.63, 3.8) is 0 Å². The van der Waals surface area contributed by atoms with Gasteiger partial charge in [0.1, 0.15) is 5.82 Å². The van der Waals surface area contributed by atoms with Gasteiger partial charge in [0.25, 0.3) is 5.91 Å². The summed E-state index contributed by atoms with van der Waals surface area (Å²) in [4.78, 5) is 13.2. The number of halogens is 4. The molecule has 2 aromatic rings. The molecule has 0 radical (unpaired) electrons. The van der Waals surface area contributed by atoms with E-state index >= 15 is 0 Å². The quantitative estimate of drug-likeness (QED) is 0.696. The van der Waals surface area contributed by atoms with E-state index in [1.165, 1.54) is 11.3 Å². The summed E-state index contributed by atoms with van der Waals surface area (Å²) in [6.45, 7) is 3.73. The van der Waals surface area contributed by atoms with Crippen LogP contribution in [0.5, 0.6) is 0 Å². The van der Waals surface area contributed by atoms with Gasteiger partial charge >= 0.3 is 6.18 Å². The predicted molar refractivity (Wildman–Crippen MR) is 97.5 cm³/mol. The lowest BCUT2D eigenvalue weighted by Gasteiger charge is -2.33. The molecule has 1 aliphatic heterocycles. The van der Waals surface area contributed by atoms with Crippen LogP contribution < -0.4 is 10.6 Å². The van der Waals surface area contributed by atoms with E-state index < -0.39 is 24.2 Å². The monoisotopic (exact) mass is 450 g/mol. The van der Waals surface area contributed by atoms with Crippen LogP contribution in [0, 0.1) is 0 Å². The average Bonchev–Trinajstić information content (AvgIpc) is 3.21. The van der Waals surface area contributed by atoms with Crippen molar-refractivity contribution in [1.29, 1.82) is 0 Å². The Morgan fingerprint density at radius 2 is 2.31 bits per heavy atom. The van der Waals surface area contributed by atoms with Gasteiger partial charge in [-0.25, -0.2) is 4.68 Å². The second-order valence-corrected chi connectivity index (χ2v) is 8.02.